The molecule has 0 spiro atoms. The van der Waals surface area contributed by atoms with Crippen LogP contribution < -0.4 is 16.0 Å². The normalized spacial score (nSPS) is 13.3. The maximum atomic E-state index is 12.7. The maximum Gasteiger partial charge on any atom is 0.319 e. The number of nitrogens with zero attached hydrogens (tertiary/aromatic N) is 1. The van der Waals surface area contributed by atoms with Crippen LogP contribution in [-0.2, 0) is 0 Å². The van der Waals surface area contributed by atoms with E-state index < -0.39 is 0 Å². The number of anilines is 2. The Kier molecular flexibility index (Phi) is 6.49. The first-order valence-corrected chi connectivity index (χ1v) is 9.81. The Labute approximate surface area is 170 Å². The monoisotopic (exact) mass is 394 g/mol. The van der Waals surface area contributed by atoms with Crippen molar-refractivity contribution in [2.24, 2.45) is 0 Å². The van der Waals surface area contributed by atoms with E-state index in [-0.39, 0.29) is 23.9 Å². The summed E-state index contributed by atoms with van der Waals surface area (Å²) in [7, 11) is 0. The molecule has 152 valence electrons. The molecule has 3 N–H and O–H groups in total. The lowest BCUT2D eigenvalue weighted by Crippen LogP contribution is -2.34. The molecule has 2 aromatic rings. The second-order valence-electron chi connectivity index (χ2n) is 7.33. The summed E-state index contributed by atoms with van der Waals surface area (Å²) in [6.07, 6.45) is 2.09. The van der Waals surface area contributed by atoms with Gasteiger partial charge in [0.25, 0.3) is 11.8 Å². The van der Waals surface area contributed by atoms with E-state index in [1.807, 2.05) is 18.7 Å². The third kappa shape index (κ3) is 5.34. The maximum absolute atomic E-state index is 12.7. The molecule has 7 nitrogen and oxygen atoms in total. The number of para-hydroxylation sites is 1. The van der Waals surface area contributed by atoms with Crippen LogP contribution in [0.25, 0.3) is 0 Å². The number of likely N-dealkylation sites (tertiary alicyclic amines) is 1. The molecule has 29 heavy (non-hydrogen) atoms. The first kappa shape index (κ1) is 20.4. The predicted octanol–water partition coefficient (Wildman–Crippen LogP) is 3.70. The van der Waals surface area contributed by atoms with E-state index in [1.54, 1.807) is 48.5 Å². The van der Waals surface area contributed by atoms with E-state index in [1.165, 1.54) is 0 Å². The second-order valence-corrected chi connectivity index (χ2v) is 7.33. The molecule has 0 aliphatic carbocycles. The fraction of sp³-hybridized carbons (Fsp3) is 0.318. The van der Waals surface area contributed by atoms with Crippen LogP contribution in [0, 0.1) is 0 Å². The van der Waals surface area contributed by atoms with Crippen molar-refractivity contribution in [1.82, 2.24) is 10.2 Å². The minimum Gasteiger partial charge on any atom is -0.339 e. The number of amides is 4. The van der Waals surface area contributed by atoms with E-state index in [9.17, 15) is 14.4 Å². The molecule has 3 rings (SSSR count). The number of benzene rings is 2. The summed E-state index contributed by atoms with van der Waals surface area (Å²) in [4.78, 5) is 38.9. The van der Waals surface area contributed by atoms with Gasteiger partial charge in [0.15, 0.2) is 0 Å². The summed E-state index contributed by atoms with van der Waals surface area (Å²) in [6, 6.07) is 13.3. The van der Waals surface area contributed by atoms with E-state index in [4.69, 9.17) is 0 Å². The van der Waals surface area contributed by atoms with Gasteiger partial charge in [-0.15, -0.1) is 0 Å². The number of carbonyl (C=O) groups excluding carboxylic acids is 3. The van der Waals surface area contributed by atoms with Gasteiger partial charge < -0.3 is 20.9 Å². The van der Waals surface area contributed by atoms with Crippen molar-refractivity contribution in [3.63, 3.8) is 0 Å². The van der Waals surface area contributed by atoms with Gasteiger partial charge in [0.2, 0.25) is 0 Å². The highest BCUT2D eigenvalue weighted by Crippen LogP contribution is 2.19. The summed E-state index contributed by atoms with van der Waals surface area (Å²) in [5.41, 5.74) is 1.96. The summed E-state index contributed by atoms with van der Waals surface area (Å²) >= 11 is 0. The Bertz CT molecular complexity index is 887. The third-order valence-corrected chi connectivity index (χ3v) is 4.62. The Morgan fingerprint density at radius 1 is 0.897 bits per heavy atom. The van der Waals surface area contributed by atoms with Crippen LogP contribution in [0.4, 0.5) is 16.2 Å². The molecule has 7 heteroatoms. The molecule has 0 radical (unpaired) electrons. The number of rotatable bonds is 5. The van der Waals surface area contributed by atoms with Gasteiger partial charge in [0.1, 0.15) is 0 Å². The van der Waals surface area contributed by atoms with Crippen LogP contribution in [0.1, 0.15) is 47.4 Å². The van der Waals surface area contributed by atoms with Crippen LogP contribution in [0.5, 0.6) is 0 Å². The molecule has 1 saturated heterocycles. The highest BCUT2D eigenvalue weighted by Gasteiger charge is 2.19. The number of urea groups is 1. The Hall–Kier alpha value is -3.35. The Morgan fingerprint density at radius 2 is 1.55 bits per heavy atom. The molecule has 0 aromatic heterocycles. The van der Waals surface area contributed by atoms with Crippen molar-refractivity contribution < 1.29 is 14.4 Å². The Morgan fingerprint density at radius 3 is 2.21 bits per heavy atom. The molecule has 1 aliphatic rings. The first-order valence-electron chi connectivity index (χ1n) is 9.81. The van der Waals surface area contributed by atoms with Crippen LogP contribution in [0.15, 0.2) is 48.5 Å². The lowest BCUT2D eigenvalue weighted by molar-refractivity contribution is 0.0792. The zero-order chi connectivity index (χ0) is 20.8. The molecular formula is C22H26N4O3. The SMILES string of the molecule is CC(C)NC(=O)Nc1ccccc1C(=O)Nc1ccc(C(=O)N2CCCC2)cc1. The lowest BCUT2D eigenvalue weighted by Gasteiger charge is -2.16. The quantitative estimate of drug-likeness (QED) is 0.722. The summed E-state index contributed by atoms with van der Waals surface area (Å²) in [5.74, 6) is -0.324. The van der Waals surface area contributed by atoms with E-state index in [2.05, 4.69) is 16.0 Å². The molecule has 0 saturated carbocycles. The largest absolute Gasteiger partial charge is 0.339 e. The molecule has 1 fully saturated rings. The van der Waals surface area contributed by atoms with Crippen molar-refractivity contribution in [3.05, 3.63) is 59.7 Å². The van der Waals surface area contributed by atoms with Crippen LogP contribution in [-0.4, -0.2) is 41.9 Å². The fourth-order valence-electron chi connectivity index (χ4n) is 3.21. The molecule has 1 heterocycles. The highest BCUT2D eigenvalue weighted by atomic mass is 16.2. The van der Waals surface area contributed by atoms with Gasteiger partial charge in [-0.3, -0.25) is 9.59 Å². The fourth-order valence-corrected chi connectivity index (χ4v) is 3.21. The van der Waals surface area contributed by atoms with Gasteiger partial charge >= 0.3 is 6.03 Å². The lowest BCUT2D eigenvalue weighted by atomic mass is 10.1. The van der Waals surface area contributed by atoms with Crippen LogP contribution >= 0.6 is 0 Å². The average molecular weight is 394 g/mol. The standard InChI is InChI=1S/C22H26N4O3/c1-15(2)23-22(29)25-19-8-4-3-7-18(19)20(27)24-17-11-9-16(10-12-17)21(28)26-13-5-6-14-26/h3-4,7-12,15H,5-6,13-14H2,1-2H3,(H,24,27)(H2,23,25,29). The summed E-state index contributed by atoms with van der Waals surface area (Å²) in [5, 5.41) is 8.24. The minimum atomic E-state index is -0.370. The minimum absolute atomic E-state index is 0.0160. The van der Waals surface area contributed by atoms with E-state index in [0.29, 0.717) is 22.5 Å². The average Bonchev–Trinajstić information content (AvgIpc) is 3.22. The molecular weight excluding hydrogens is 368 g/mol. The molecule has 4 amide bonds. The van der Waals surface area contributed by atoms with Gasteiger partial charge in [-0.05, 0) is 63.1 Å². The van der Waals surface area contributed by atoms with Crippen LogP contribution in [0.3, 0.4) is 0 Å². The van der Waals surface area contributed by atoms with Gasteiger partial charge in [-0.2, -0.15) is 0 Å². The smallest absolute Gasteiger partial charge is 0.319 e. The molecule has 0 atom stereocenters. The predicted molar refractivity (Wildman–Crippen MR) is 113 cm³/mol. The zero-order valence-corrected chi connectivity index (χ0v) is 16.7. The van der Waals surface area contributed by atoms with E-state index >= 15 is 0 Å². The molecule has 0 bridgehead atoms. The topological polar surface area (TPSA) is 90.5 Å². The summed E-state index contributed by atoms with van der Waals surface area (Å²) < 4.78 is 0. The van der Waals surface area contributed by atoms with E-state index in [0.717, 1.165) is 25.9 Å². The van der Waals surface area contributed by atoms with Crippen LogP contribution in [0.2, 0.25) is 0 Å². The van der Waals surface area contributed by atoms with Gasteiger partial charge in [-0.25, -0.2) is 4.79 Å². The number of hydrogen-bond donors (Lipinski definition) is 3. The first-order chi connectivity index (χ1) is 13.9. The second kappa shape index (κ2) is 9.23. The van der Waals surface area contributed by atoms with Crippen molar-refractivity contribution in [2.75, 3.05) is 23.7 Å². The number of hydrogen-bond acceptors (Lipinski definition) is 3. The molecule has 2 aromatic carbocycles. The van der Waals surface area contributed by atoms with Gasteiger partial charge in [0, 0.05) is 30.4 Å². The molecule has 0 unspecified atom stereocenters. The number of nitrogens with one attached hydrogen (secondary N) is 3. The highest BCUT2D eigenvalue weighted by molar-refractivity contribution is 6.10. The van der Waals surface area contributed by atoms with Gasteiger partial charge in [-0.1, -0.05) is 12.1 Å². The molecule has 1 aliphatic heterocycles. The van der Waals surface area contributed by atoms with Crippen molar-refractivity contribution in [2.45, 2.75) is 32.7 Å². The van der Waals surface area contributed by atoms with Crippen molar-refractivity contribution in [1.29, 1.82) is 0 Å². The van der Waals surface area contributed by atoms with Crippen molar-refractivity contribution in [3.8, 4) is 0 Å². The summed E-state index contributed by atoms with van der Waals surface area (Å²) in [6.45, 7) is 5.31. The van der Waals surface area contributed by atoms with Gasteiger partial charge in [0.05, 0.1) is 11.3 Å². The Balaban J connectivity index is 1.67. The third-order valence-electron chi connectivity index (χ3n) is 4.62. The zero-order valence-electron chi connectivity index (χ0n) is 16.7. The van der Waals surface area contributed by atoms with Crippen molar-refractivity contribution >= 4 is 29.2 Å². The number of carbonyl (C=O) groups is 3.